The van der Waals surface area contributed by atoms with Crippen LogP contribution >= 0.6 is 0 Å². The third kappa shape index (κ3) is 2.36. The van der Waals surface area contributed by atoms with Crippen LogP contribution in [0.2, 0.25) is 0 Å². The van der Waals surface area contributed by atoms with E-state index in [-0.39, 0.29) is 11.4 Å². The second kappa shape index (κ2) is 5.20. The van der Waals surface area contributed by atoms with E-state index in [4.69, 9.17) is 0 Å². The van der Waals surface area contributed by atoms with Gasteiger partial charge in [0, 0.05) is 17.4 Å². The Morgan fingerprint density at radius 2 is 1.67 bits per heavy atom. The summed E-state index contributed by atoms with van der Waals surface area (Å²) < 4.78 is 1.91. The number of nitrogens with one attached hydrogen (secondary N) is 1. The molecule has 0 atom stereocenters. The molecule has 4 bridgehead atoms. The summed E-state index contributed by atoms with van der Waals surface area (Å²) in [6, 6.07) is 10.0. The maximum absolute atomic E-state index is 12.8. The molecule has 1 aromatic heterocycles. The molecule has 0 aliphatic heterocycles. The highest BCUT2D eigenvalue weighted by Crippen LogP contribution is 2.55. The Hall–Kier alpha value is -2.10. The number of imidazole rings is 1. The molecule has 4 saturated carbocycles. The van der Waals surface area contributed by atoms with Gasteiger partial charge >= 0.3 is 0 Å². The molecule has 1 amide bonds. The fraction of sp³-hybridized carbons (Fsp3) is 0.500. The first-order chi connectivity index (χ1) is 11.7. The molecule has 4 aliphatic carbocycles. The van der Waals surface area contributed by atoms with Crippen molar-refractivity contribution in [1.82, 2.24) is 14.9 Å². The summed E-state index contributed by atoms with van der Waals surface area (Å²) in [6.45, 7) is 0. The summed E-state index contributed by atoms with van der Waals surface area (Å²) in [6.07, 6.45) is 11.2. The van der Waals surface area contributed by atoms with E-state index < -0.39 is 0 Å². The lowest BCUT2D eigenvalue weighted by atomic mass is 9.53. The molecule has 1 aromatic carbocycles. The third-order valence-corrected chi connectivity index (χ3v) is 6.29. The van der Waals surface area contributed by atoms with Crippen molar-refractivity contribution >= 4 is 5.91 Å². The lowest BCUT2D eigenvalue weighted by Gasteiger charge is -2.56. The molecule has 6 rings (SSSR count). The Labute approximate surface area is 142 Å². The Morgan fingerprint density at radius 1 is 1.04 bits per heavy atom. The summed E-state index contributed by atoms with van der Waals surface area (Å²) in [7, 11) is 0. The number of carbonyl (C=O) groups excluding carboxylic acids is 1. The molecule has 4 aliphatic rings. The van der Waals surface area contributed by atoms with Gasteiger partial charge in [-0.05, 0) is 68.4 Å². The number of para-hydroxylation sites is 1. The van der Waals surface area contributed by atoms with Gasteiger partial charge in [-0.25, -0.2) is 4.98 Å². The second-order valence-corrected chi connectivity index (χ2v) is 8.15. The molecule has 2 aromatic rings. The molecule has 124 valence electrons. The number of carbonyl (C=O) groups is 1. The fourth-order valence-corrected chi connectivity index (χ4v) is 5.75. The molecule has 1 N–H and O–H groups in total. The molecule has 0 unspecified atom stereocenters. The van der Waals surface area contributed by atoms with Crippen LogP contribution in [0.15, 0.2) is 42.9 Å². The molecule has 24 heavy (non-hydrogen) atoms. The van der Waals surface area contributed by atoms with Crippen LogP contribution in [0.4, 0.5) is 0 Å². The minimum atomic E-state index is -0.00775. The Morgan fingerprint density at radius 3 is 2.29 bits per heavy atom. The average molecular weight is 321 g/mol. The summed E-state index contributed by atoms with van der Waals surface area (Å²) in [5.41, 5.74) is 1.59. The van der Waals surface area contributed by atoms with E-state index in [0.29, 0.717) is 5.69 Å². The highest BCUT2D eigenvalue weighted by Gasteiger charge is 2.51. The molecule has 4 fully saturated rings. The Bertz CT molecular complexity index is 729. The number of hydrogen-bond donors (Lipinski definition) is 1. The van der Waals surface area contributed by atoms with Crippen molar-refractivity contribution in [3.63, 3.8) is 0 Å². The quantitative estimate of drug-likeness (QED) is 0.939. The first-order valence-electron chi connectivity index (χ1n) is 9.11. The molecular formula is C20H23N3O. The van der Waals surface area contributed by atoms with Gasteiger partial charge in [-0.2, -0.15) is 0 Å². The lowest BCUT2D eigenvalue weighted by molar-refractivity contribution is -0.0167. The van der Waals surface area contributed by atoms with Gasteiger partial charge < -0.3 is 9.88 Å². The topological polar surface area (TPSA) is 46.9 Å². The Kier molecular flexibility index (Phi) is 3.09. The van der Waals surface area contributed by atoms with Gasteiger partial charge in [-0.3, -0.25) is 4.79 Å². The van der Waals surface area contributed by atoms with Crippen molar-refractivity contribution in [1.29, 1.82) is 0 Å². The van der Waals surface area contributed by atoms with E-state index in [2.05, 4.69) is 10.3 Å². The van der Waals surface area contributed by atoms with Gasteiger partial charge in [-0.15, -0.1) is 0 Å². The summed E-state index contributed by atoms with van der Waals surface area (Å²) in [5, 5.41) is 3.39. The van der Waals surface area contributed by atoms with Gasteiger partial charge in [0.2, 0.25) is 0 Å². The number of benzene rings is 1. The van der Waals surface area contributed by atoms with Crippen molar-refractivity contribution in [2.75, 3.05) is 0 Å². The lowest BCUT2D eigenvalue weighted by Crippen LogP contribution is -2.59. The normalized spacial score (nSPS) is 33.6. The largest absolute Gasteiger partial charge is 0.345 e. The van der Waals surface area contributed by atoms with Crippen molar-refractivity contribution in [2.45, 2.75) is 44.1 Å². The van der Waals surface area contributed by atoms with Crippen LogP contribution in [0.3, 0.4) is 0 Å². The van der Waals surface area contributed by atoms with Crippen LogP contribution in [-0.2, 0) is 0 Å². The van der Waals surface area contributed by atoms with Gasteiger partial charge in [0.1, 0.15) is 12.0 Å². The van der Waals surface area contributed by atoms with Gasteiger partial charge in [0.15, 0.2) is 0 Å². The minimum Gasteiger partial charge on any atom is -0.345 e. The number of aromatic nitrogens is 2. The maximum atomic E-state index is 12.8. The van der Waals surface area contributed by atoms with Crippen LogP contribution in [0.1, 0.15) is 49.0 Å². The second-order valence-electron chi connectivity index (χ2n) is 8.15. The predicted molar refractivity (Wildman–Crippen MR) is 91.9 cm³/mol. The predicted octanol–water partition coefficient (Wildman–Crippen LogP) is 3.57. The zero-order chi connectivity index (χ0) is 16.1. The third-order valence-electron chi connectivity index (χ3n) is 6.29. The van der Waals surface area contributed by atoms with E-state index >= 15 is 0 Å². The van der Waals surface area contributed by atoms with Gasteiger partial charge in [0.05, 0.1) is 0 Å². The zero-order valence-electron chi connectivity index (χ0n) is 13.8. The number of amides is 1. The Balaban J connectivity index is 1.35. The first kappa shape index (κ1) is 14.3. The van der Waals surface area contributed by atoms with Crippen LogP contribution in [-0.4, -0.2) is 21.0 Å². The first-order valence-corrected chi connectivity index (χ1v) is 9.11. The van der Waals surface area contributed by atoms with Crippen molar-refractivity contribution in [2.24, 2.45) is 17.8 Å². The molecule has 4 heteroatoms. The monoisotopic (exact) mass is 321 g/mol. The highest BCUT2D eigenvalue weighted by molar-refractivity contribution is 5.92. The molecular weight excluding hydrogens is 298 g/mol. The summed E-state index contributed by atoms with van der Waals surface area (Å²) in [5.74, 6) is 2.49. The minimum absolute atomic E-state index is 0.00775. The summed E-state index contributed by atoms with van der Waals surface area (Å²) in [4.78, 5) is 17.1. The maximum Gasteiger partial charge on any atom is 0.271 e. The van der Waals surface area contributed by atoms with E-state index in [1.54, 1.807) is 6.33 Å². The molecule has 0 saturated heterocycles. The summed E-state index contributed by atoms with van der Waals surface area (Å²) >= 11 is 0. The van der Waals surface area contributed by atoms with E-state index in [9.17, 15) is 4.79 Å². The fourth-order valence-electron chi connectivity index (χ4n) is 5.75. The van der Waals surface area contributed by atoms with E-state index in [1.807, 2.05) is 41.1 Å². The van der Waals surface area contributed by atoms with Crippen molar-refractivity contribution in [3.05, 3.63) is 48.5 Å². The van der Waals surface area contributed by atoms with Crippen molar-refractivity contribution in [3.8, 4) is 5.69 Å². The zero-order valence-corrected chi connectivity index (χ0v) is 13.8. The van der Waals surface area contributed by atoms with Gasteiger partial charge in [0.25, 0.3) is 5.91 Å². The molecule has 0 spiro atoms. The van der Waals surface area contributed by atoms with Gasteiger partial charge in [-0.1, -0.05) is 18.2 Å². The van der Waals surface area contributed by atoms with Crippen LogP contribution < -0.4 is 5.32 Å². The highest BCUT2D eigenvalue weighted by atomic mass is 16.2. The average Bonchev–Trinajstić information content (AvgIpc) is 3.04. The standard InChI is InChI=1S/C20H23N3O/c24-19(18-12-23(13-21-18)17-4-2-1-3-5-17)22-20-9-14-6-15(10-20)8-16(7-14)11-20/h1-5,12-16H,6-11H2,(H,22,24). The van der Waals surface area contributed by atoms with Crippen molar-refractivity contribution < 1.29 is 4.79 Å². The van der Waals surface area contributed by atoms with Crippen LogP contribution in [0.5, 0.6) is 0 Å². The SMILES string of the molecule is O=C(NC12CC3CC(CC(C3)C1)C2)c1cn(-c2ccccc2)cn1. The molecule has 1 heterocycles. The smallest absolute Gasteiger partial charge is 0.271 e. The van der Waals surface area contributed by atoms with E-state index in [1.165, 1.54) is 38.5 Å². The molecule has 0 radical (unpaired) electrons. The number of rotatable bonds is 3. The van der Waals surface area contributed by atoms with Crippen LogP contribution in [0, 0.1) is 17.8 Å². The number of nitrogens with zero attached hydrogens (tertiary/aromatic N) is 2. The molecule has 4 nitrogen and oxygen atoms in total. The number of hydrogen-bond acceptors (Lipinski definition) is 2. The van der Waals surface area contributed by atoms with E-state index in [0.717, 1.165) is 23.4 Å². The van der Waals surface area contributed by atoms with Crippen LogP contribution in [0.25, 0.3) is 5.69 Å².